The molecule has 1 saturated heterocycles. The van der Waals surface area contributed by atoms with Crippen LogP contribution in [-0.4, -0.2) is 19.1 Å². The van der Waals surface area contributed by atoms with Gasteiger partial charge in [-0.05, 0) is 47.2 Å². The van der Waals surface area contributed by atoms with Crippen molar-refractivity contribution in [3.8, 4) is 0 Å². The maximum Gasteiger partial charge on any atom is 0.123 e. The van der Waals surface area contributed by atoms with Crippen molar-refractivity contribution in [1.82, 2.24) is 0 Å². The predicted molar refractivity (Wildman–Crippen MR) is 99.1 cm³/mol. The van der Waals surface area contributed by atoms with E-state index in [1.54, 1.807) is 12.1 Å². The van der Waals surface area contributed by atoms with E-state index >= 15 is 0 Å². The Kier molecular flexibility index (Phi) is 4.64. The van der Waals surface area contributed by atoms with Crippen molar-refractivity contribution in [2.75, 3.05) is 18.0 Å². The Hall–Kier alpha value is -1.87. The lowest BCUT2D eigenvalue weighted by atomic mass is 9.86. The molecule has 128 valence electrons. The Morgan fingerprint density at radius 1 is 1.04 bits per heavy atom. The van der Waals surface area contributed by atoms with Crippen LogP contribution in [0.5, 0.6) is 0 Å². The summed E-state index contributed by atoms with van der Waals surface area (Å²) < 4.78 is 13.6. The molecular formula is C21H27FN2. The molecule has 0 saturated carbocycles. The molecule has 2 nitrogen and oxygen atoms in total. The van der Waals surface area contributed by atoms with Gasteiger partial charge in [-0.15, -0.1) is 0 Å². The van der Waals surface area contributed by atoms with E-state index in [1.165, 1.54) is 17.3 Å². The van der Waals surface area contributed by atoms with Crippen LogP contribution in [0.4, 0.5) is 10.1 Å². The number of hydrogen-bond acceptors (Lipinski definition) is 2. The first kappa shape index (κ1) is 17.0. The lowest BCUT2D eigenvalue weighted by Crippen LogP contribution is -2.46. The van der Waals surface area contributed by atoms with E-state index in [0.717, 1.165) is 25.1 Å². The summed E-state index contributed by atoms with van der Waals surface area (Å²) in [6.45, 7) is 8.39. The largest absolute Gasteiger partial charge is 0.369 e. The SMILES string of the molecule is CC(C)(C)c1ccc(N2CC(N)CC(c3cccc(F)c3)C2)cc1. The average molecular weight is 326 g/mol. The first-order valence-electron chi connectivity index (χ1n) is 8.69. The van der Waals surface area contributed by atoms with Crippen LogP contribution in [0.25, 0.3) is 0 Å². The molecule has 2 N–H and O–H groups in total. The molecule has 0 bridgehead atoms. The Morgan fingerprint density at radius 2 is 1.75 bits per heavy atom. The molecule has 1 aliphatic rings. The fourth-order valence-corrected chi connectivity index (χ4v) is 3.52. The predicted octanol–water partition coefficient (Wildman–Crippen LogP) is 4.44. The molecule has 3 heteroatoms. The molecule has 1 aliphatic heterocycles. The van der Waals surface area contributed by atoms with Crippen LogP contribution in [0.2, 0.25) is 0 Å². The monoisotopic (exact) mass is 326 g/mol. The van der Waals surface area contributed by atoms with Gasteiger partial charge in [-0.25, -0.2) is 4.39 Å². The van der Waals surface area contributed by atoms with E-state index in [9.17, 15) is 4.39 Å². The molecule has 24 heavy (non-hydrogen) atoms. The van der Waals surface area contributed by atoms with E-state index < -0.39 is 0 Å². The molecule has 0 aliphatic carbocycles. The molecule has 3 rings (SSSR count). The highest BCUT2D eigenvalue weighted by Gasteiger charge is 2.27. The number of nitrogens with two attached hydrogens (primary N) is 1. The van der Waals surface area contributed by atoms with Gasteiger partial charge in [0.2, 0.25) is 0 Å². The van der Waals surface area contributed by atoms with Crippen molar-refractivity contribution < 1.29 is 4.39 Å². The molecule has 2 unspecified atom stereocenters. The van der Waals surface area contributed by atoms with Crippen LogP contribution in [0.15, 0.2) is 48.5 Å². The molecule has 0 aromatic heterocycles. The topological polar surface area (TPSA) is 29.3 Å². The zero-order chi connectivity index (χ0) is 17.3. The Balaban J connectivity index is 1.81. The van der Waals surface area contributed by atoms with Crippen molar-refractivity contribution in [2.24, 2.45) is 5.73 Å². The summed E-state index contributed by atoms with van der Waals surface area (Å²) >= 11 is 0. The van der Waals surface area contributed by atoms with Gasteiger partial charge in [0.25, 0.3) is 0 Å². The van der Waals surface area contributed by atoms with E-state index in [4.69, 9.17) is 5.73 Å². The van der Waals surface area contributed by atoms with Crippen LogP contribution in [0.1, 0.15) is 44.2 Å². The van der Waals surface area contributed by atoms with E-state index in [1.807, 2.05) is 6.07 Å². The summed E-state index contributed by atoms with van der Waals surface area (Å²) in [5, 5.41) is 0. The minimum Gasteiger partial charge on any atom is -0.369 e. The first-order valence-corrected chi connectivity index (χ1v) is 8.69. The minimum absolute atomic E-state index is 0.106. The van der Waals surface area contributed by atoms with Crippen LogP contribution >= 0.6 is 0 Å². The maximum atomic E-state index is 13.6. The number of halogens is 1. The molecule has 0 radical (unpaired) electrons. The maximum absolute atomic E-state index is 13.6. The summed E-state index contributed by atoms with van der Waals surface area (Å²) in [4.78, 5) is 2.33. The summed E-state index contributed by atoms with van der Waals surface area (Å²) in [5.41, 5.74) is 10.0. The summed E-state index contributed by atoms with van der Waals surface area (Å²) in [5.74, 6) is 0.0967. The van der Waals surface area contributed by atoms with Crippen molar-refractivity contribution in [2.45, 2.75) is 44.6 Å². The molecule has 0 amide bonds. The van der Waals surface area contributed by atoms with Gasteiger partial charge in [0.15, 0.2) is 0 Å². The Labute approximate surface area is 144 Å². The van der Waals surface area contributed by atoms with Gasteiger partial charge in [0.1, 0.15) is 5.82 Å². The fraction of sp³-hybridized carbons (Fsp3) is 0.429. The first-order chi connectivity index (χ1) is 11.3. The molecule has 0 spiro atoms. The van der Waals surface area contributed by atoms with Gasteiger partial charge < -0.3 is 10.6 Å². The van der Waals surface area contributed by atoms with Gasteiger partial charge in [-0.1, -0.05) is 45.0 Å². The number of piperidine rings is 1. The van der Waals surface area contributed by atoms with E-state index in [0.29, 0.717) is 0 Å². The summed E-state index contributed by atoms with van der Waals surface area (Å²) in [6.07, 6.45) is 0.903. The lowest BCUT2D eigenvalue weighted by Gasteiger charge is -2.38. The molecule has 1 fully saturated rings. The van der Waals surface area contributed by atoms with Crippen LogP contribution < -0.4 is 10.6 Å². The second-order valence-electron chi connectivity index (χ2n) is 7.95. The number of nitrogens with zero attached hydrogens (tertiary/aromatic N) is 1. The molecule has 2 aromatic carbocycles. The highest BCUT2D eigenvalue weighted by molar-refractivity contribution is 5.50. The number of hydrogen-bond donors (Lipinski definition) is 1. The van der Waals surface area contributed by atoms with Crippen LogP contribution in [0, 0.1) is 5.82 Å². The summed E-state index contributed by atoms with van der Waals surface area (Å²) in [7, 11) is 0. The van der Waals surface area contributed by atoms with Gasteiger partial charge in [-0.3, -0.25) is 0 Å². The molecular weight excluding hydrogens is 299 g/mol. The van der Waals surface area contributed by atoms with Crippen molar-refractivity contribution in [3.05, 3.63) is 65.5 Å². The van der Waals surface area contributed by atoms with Gasteiger partial charge >= 0.3 is 0 Å². The Bertz CT molecular complexity index is 688. The highest BCUT2D eigenvalue weighted by atomic mass is 19.1. The molecule has 2 aromatic rings. The van der Waals surface area contributed by atoms with Crippen LogP contribution in [0.3, 0.4) is 0 Å². The van der Waals surface area contributed by atoms with Gasteiger partial charge in [0, 0.05) is 30.7 Å². The second kappa shape index (κ2) is 6.56. The second-order valence-corrected chi connectivity index (χ2v) is 7.95. The quantitative estimate of drug-likeness (QED) is 0.884. The number of benzene rings is 2. The average Bonchev–Trinajstić information content (AvgIpc) is 2.53. The van der Waals surface area contributed by atoms with Crippen LogP contribution in [-0.2, 0) is 5.41 Å². The Morgan fingerprint density at radius 3 is 2.38 bits per heavy atom. The van der Waals surface area contributed by atoms with E-state index in [2.05, 4.69) is 49.9 Å². The molecule has 1 heterocycles. The van der Waals surface area contributed by atoms with Crippen molar-refractivity contribution >= 4 is 5.69 Å². The fourth-order valence-electron chi connectivity index (χ4n) is 3.52. The van der Waals surface area contributed by atoms with Gasteiger partial charge in [0.05, 0.1) is 0 Å². The molecule has 2 atom stereocenters. The zero-order valence-electron chi connectivity index (χ0n) is 14.8. The highest BCUT2D eigenvalue weighted by Crippen LogP contribution is 2.31. The lowest BCUT2D eigenvalue weighted by molar-refractivity contribution is 0.452. The smallest absolute Gasteiger partial charge is 0.123 e. The van der Waals surface area contributed by atoms with Crippen molar-refractivity contribution in [1.29, 1.82) is 0 Å². The summed E-state index contributed by atoms with van der Waals surface area (Å²) in [6, 6.07) is 15.8. The number of rotatable bonds is 2. The third-order valence-corrected chi connectivity index (χ3v) is 4.90. The zero-order valence-corrected chi connectivity index (χ0v) is 14.8. The third-order valence-electron chi connectivity index (χ3n) is 4.90. The normalized spacial score (nSPS) is 21.8. The minimum atomic E-state index is -0.173. The standard InChI is InChI=1S/C21H27FN2/c1-21(2,3)17-7-9-20(10-8-17)24-13-16(12-19(23)14-24)15-5-4-6-18(22)11-15/h4-11,16,19H,12-14,23H2,1-3H3. The van der Waals surface area contributed by atoms with Gasteiger partial charge in [-0.2, -0.15) is 0 Å². The van der Waals surface area contributed by atoms with Crippen molar-refractivity contribution in [3.63, 3.8) is 0 Å². The third kappa shape index (κ3) is 3.78. The van der Waals surface area contributed by atoms with E-state index in [-0.39, 0.29) is 23.2 Å². The number of anilines is 1.